The molecule has 14 heavy (non-hydrogen) atoms. The van der Waals surface area contributed by atoms with Crippen LogP contribution in [0.4, 0.5) is 4.79 Å². The van der Waals surface area contributed by atoms with Gasteiger partial charge in [-0.3, -0.25) is 4.79 Å². The molecule has 1 amide bonds. The van der Waals surface area contributed by atoms with Crippen LogP contribution < -0.4 is 5.32 Å². The fourth-order valence-electron chi connectivity index (χ4n) is 1.33. The molecule has 1 saturated heterocycles. The summed E-state index contributed by atoms with van der Waals surface area (Å²) in [5, 5.41) is 2.44. The second-order valence-corrected chi connectivity index (χ2v) is 3.03. The number of Topliss-reactive ketones (excluding diaryl/α,β-unsaturated/α-hetero) is 1. The van der Waals surface area contributed by atoms with E-state index in [4.69, 9.17) is 0 Å². The maximum absolute atomic E-state index is 11.7. The Balaban J connectivity index is 2.13. The number of nitrogens with one attached hydrogen (secondary N) is 1. The second-order valence-electron chi connectivity index (χ2n) is 3.03. The molecule has 2 rings (SSSR count). The number of amides is 1. The topological polar surface area (TPSA) is 55.4 Å². The van der Waals surface area contributed by atoms with Crippen molar-refractivity contribution in [3.63, 3.8) is 0 Å². The Morgan fingerprint density at radius 2 is 2.07 bits per heavy atom. The van der Waals surface area contributed by atoms with E-state index >= 15 is 0 Å². The Bertz CT molecular complexity index is 361. The fraction of sp³-hybridized carbons (Fsp3) is 0.200. The molecule has 1 aromatic carbocycles. The molecule has 4 nitrogen and oxygen atoms in total. The summed E-state index contributed by atoms with van der Waals surface area (Å²) in [4.78, 5) is 22.4. The molecule has 0 saturated carbocycles. The van der Waals surface area contributed by atoms with Gasteiger partial charge in [-0.15, -0.1) is 0 Å². The molecule has 1 N–H and O–H groups in total. The second kappa shape index (κ2) is 3.49. The van der Waals surface area contributed by atoms with Gasteiger partial charge in [0, 0.05) is 5.56 Å². The van der Waals surface area contributed by atoms with Gasteiger partial charge in [0.25, 0.3) is 0 Å². The van der Waals surface area contributed by atoms with Gasteiger partial charge in [-0.25, -0.2) is 4.79 Å². The highest BCUT2D eigenvalue weighted by Gasteiger charge is 2.29. The molecule has 0 aromatic heterocycles. The summed E-state index contributed by atoms with van der Waals surface area (Å²) >= 11 is 0. The number of carbonyl (C=O) groups is 2. The zero-order chi connectivity index (χ0) is 9.97. The lowest BCUT2D eigenvalue weighted by molar-refractivity contribution is 0.0944. The van der Waals surface area contributed by atoms with Crippen molar-refractivity contribution >= 4 is 11.9 Å². The van der Waals surface area contributed by atoms with Gasteiger partial charge in [0.1, 0.15) is 12.6 Å². The smallest absolute Gasteiger partial charge is 0.407 e. The van der Waals surface area contributed by atoms with Gasteiger partial charge in [-0.05, 0) is 0 Å². The maximum atomic E-state index is 11.7. The third kappa shape index (κ3) is 1.59. The van der Waals surface area contributed by atoms with Gasteiger partial charge >= 0.3 is 6.09 Å². The minimum atomic E-state index is -0.537. The van der Waals surface area contributed by atoms with Crippen LogP contribution in [0.1, 0.15) is 10.4 Å². The van der Waals surface area contributed by atoms with E-state index < -0.39 is 12.1 Å². The van der Waals surface area contributed by atoms with E-state index in [0.29, 0.717) is 5.56 Å². The first kappa shape index (κ1) is 8.74. The Morgan fingerprint density at radius 3 is 2.64 bits per heavy atom. The standard InChI is InChI=1S/C10H9NO3/c12-9(7-4-2-1-3-5-7)8-6-14-10(13)11-8/h1-5,8H,6H2,(H,11,13). The van der Waals surface area contributed by atoms with Crippen LogP contribution in [0.15, 0.2) is 30.3 Å². The summed E-state index contributed by atoms with van der Waals surface area (Å²) in [6, 6.07) is 8.29. The van der Waals surface area contributed by atoms with E-state index in [9.17, 15) is 9.59 Å². The van der Waals surface area contributed by atoms with Crippen molar-refractivity contribution < 1.29 is 14.3 Å². The summed E-state index contributed by atoms with van der Waals surface area (Å²) in [5.41, 5.74) is 0.586. The molecule has 0 radical (unpaired) electrons. The predicted molar refractivity (Wildman–Crippen MR) is 49.0 cm³/mol. The predicted octanol–water partition coefficient (Wildman–Crippen LogP) is 0.978. The minimum Gasteiger partial charge on any atom is -0.447 e. The van der Waals surface area contributed by atoms with Gasteiger partial charge < -0.3 is 10.1 Å². The van der Waals surface area contributed by atoms with Crippen LogP contribution in [0.5, 0.6) is 0 Å². The molecule has 0 aliphatic carbocycles. The lowest BCUT2D eigenvalue weighted by Gasteiger charge is -2.05. The Hall–Kier alpha value is -1.84. The molecule has 0 bridgehead atoms. The number of alkyl carbamates (subject to hydrolysis) is 1. The van der Waals surface area contributed by atoms with E-state index in [1.54, 1.807) is 24.3 Å². The summed E-state index contributed by atoms with van der Waals surface area (Å²) in [5.74, 6) is -0.114. The molecule has 1 heterocycles. The first-order valence-corrected chi connectivity index (χ1v) is 4.30. The third-order valence-electron chi connectivity index (χ3n) is 2.05. The normalized spacial score (nSPS) is 20.0. The molecule has 1 fully saturated rings. The number of ether oxygens (including phenoxy) is 1. The van der Waals surface area contributed by atoms with Gasteiger partial charge in [-0.2, -0.15) is 0 Å². The van der Waals surface area contributed by atoms with Crippen LogP contribution in [0.2, 0.25) is 0 Å². The zero-order valence-corrected chi connectivity index (χ0v) is 7.40. The van der Waals surface area contributed by atoms with Crippen molar-refractivity contribution in [2.45, 2.75) is 6.04 Å². The third-order valence-corrected chi connectivity index (χ3v) is 2.05. The molecule has 1 unspecified atom stereocenters. The fourth-order valence-corrected chi connectivity index (χ4v) is 1.33. The molecular formula is C10H9NO3. The quantitative estimate of drug-likeness (QED) is 0.709. The highest BCUT2D eigenvalue weighted by atomic mass is 16.6. The van der Waals surface area contributed by atoms with Crippen LogP contribution in [0, 0.1) is 0 Å². The first-order chi connectivity index (χ1) is 6.77. The van der Waals surface area contributed by atoms with Crippen LogP contribution in [-0.4, -0.2) is 24.5 Å². The Labute approximate surface area is 80.9 Å². The van der Waals surface area contributed by atoms with Gasteiger partial charge in [-0.1, -0.05) is 30.3 Å². The number of carbonyl (C=O) groups excluding carboxylic acids is 2. The molecule has 1 aliphatic rings. The van der Waals surface area contributed by atoms with Crippen molar-refractivity contribution in [3.05, 3.63) is 35.9 Å². The minimum absolute atomic E-state index is 0.114. The lowest BCUT2D eigenvalue weighted by atomic mass is 10.1. The number of cyclic esters (lactones) is 1. The monoisotopic (exact) mass is 191 g/mol. The maximum Gasteiger partial charge on any atom is 0.407 e. The number of ketones is 1. The molecule has 0 spiro atoms. The molecule has 4 heteroatoms. The van der Waals surface area contributed by atoms with E-state index in [2.05, 4.69) is 10.1 Å². The SMILES string of the molecule is O=C1NC(C(=O)c2ccccc2)CO1. The summed E-state index contributed by atoms with van der Waals surface area (Å²) in [6.45, 7) is 0.118. The number of hydrogen-bond acceptors (Lipinski definition) is 3. The summed E-state index contributed by atoms with van der Waals surface area (Å²) in [7, 11) is 0. The Morgan fingerprint density at radius 1 is 1.36 bits per heavy atom. The average molecular weight is 191 g/mol. The van der Waals surface area contributed by atoms with Gasteiger partial charge in [0.2, 0.25) is 0 Å². The molecular weight excluding hydrogens is 182 g/mol. The average Bonchev–Trinajstić information content (AvgIpc) is 2.65. The van der Waals surface area contributed by atoms with Crippen LogP contribution >= 0.6 is 0 Å². The first-order valence-electron chi connectivity index (χ1n) is 4.30. The van der Waals surface area contributed by atoms with Crippen molar-refractivity contribution in [1.82, 2.24) is 5.32 Å². The van der Waals surface area contributed by atoms with Gasteiger partial charge in [0.15, 0.2) is 5.78 Å². The molecule has 1 aliphatic heterocycles. The molecule has 1 aromatic rings. The number of benzene rings is 1. The molecule has 72 valence electrons. The van der Waals surface area contributed by atoms with Crippen molar-refractivity contribution in [3.8, 4) is 0 Å². The van der Waals surface area contributed by atoms with E-state index in [1.807, 2.05) is 6.07 Å². The highest BCUT2D eigenvalue weighted by Crippen LogP contribution is 2.07. The van der Waals surface area contributed by atoms with E-state index in [1.165, 1.54) is 0 Å². The number of hydrogen-bond donors (Lipinski definition) is 1. The largest absolute Gasteiger partial charge is 0.447 e. The van der Waals surface area contributed by atoms with Crippen molar-refractivity contribution in [1.29, 1.82) is 0 Å². The summed E-state index contributed by atoms with van der Waals surface area (Å²) in [6.07, 6.45) is -0.528. The van der Waals surface area contributed by atoms with E-state index in [-0.39, 0.29) is 12.4 Å². The van der Waals surface area contributed by atoms with E-state index in [0.717, 1.165) is 0 Å². The zero-order valence-electron chi connectivity index (χ0n) is 7.40. The van der Waals surface area contributed by atoms with Crippen molar-refractivity contribution in [2.75, 3.05) is 6.61 Å². The van der Waals surface area contributed by atoms with Crippen molar-refractivity contribution in [2.24, 2.45) is 0 Å². The van der Waals surface area contributed by atoms with Crippen LogP contribution in [0.25, 0.3) is 0 Å². The highest BCUT2D eigenvalue weighted by molar-refractivity contribution is 6.02. The van der Waals surface area contributed by atoms with Crippen LogP contribution in [0.3, 0.4) is 0 Å². The van der Waals surface area contributed by atoms with Crippen LogP contribution in [-0.2, 0) is 4.74 Å². The van der Waals surface area contributed by atoms with Gasteiger partial charge in [0.05, 0.1) is 0 Å². The number of rotatable bonds is 2. The summed E-state index contributed by atoms with van der Waals surface area (Å²) < 4.78 is 4.64. The lowest BCUT2D eigenvalue weighted by Crippen LogP contribution is -2.34. The Kier molecular flexibility index (Phi) is 2.18. The molecule has 1 atom stereocenters.